The van der Waals surface area contributed by atoms with Crippen LogP contribution in [0, 0.1) is 6.92 Å². The maximum Gasteiger partial charge on any atom is 0.258 e. The van der Waals surface area contributed by atoms with Gasteiger partial charge >= 0.3 is 0 Å². The molecule has 1 aromatic carbocycles. The smallest absolute Gasteiger partial charge is 0.258 e. The van der Waals surface area contributed by atoms with Crippen LogP contribution in [0.15, 0.2) is 27.2 Å². The molecule has 0 saturated heterocycles. The summed E-state index contributed by atoms with van der Waals surface area (Å²) in [4.78, 5) is 4.39. The molecule has 2 rings (SSSR count). The molecule has 0 aliphatic heterocycles. The average molecular weight is 310 g/mol. The summed E-state index contributed by atoms with van der Waals surface area (Å²) >= 11 is 3.45. The summed E-state index contributed by atoms with van der Waals surface area (Å²) in [6.07, 6.45) is 0. The summed E-state index contributed by atoms with van der Waals surface area (Å²) in [5.41, 5.74) is 2.08. The highest BCUT2D eigenvalue weighted by Gasteiger charge is 2.11. The molecular formula is C13H16BrN3O. The van der Waals surface area contributed by atoms with Crippen LogP contribution in [0.5, 0.6) is 0 Å². The van der Waals surface area contributed by atoms with Gasteiger partial charge < -0.3 is 9.84 Å². The molecule has 0 saturated carbocycles. The molecule has 0 atom stereocenters. The number of nitrogens with zero attached hydrogens (tertiary/aromatic N) is 2. The van der Waals surface area contributed by atoms with Crippen molar-refractivity contribution in [2.24, 2.45) is 0 Å². The van der Waals surface area contributed by atoms with Crippen molar-refractivity contribution in [3.05, 3.63) is 34.1 Å². The van der Waals surface area contributed by atoms with Gasteiger partial charge in [0.15, 0.2) is 5.82 Å². The van der Waals surface area contributed by atoms with Gasteiger partial charge in [0.1, 0.15) is 0 Å². The van der Waals surface area contributed by atoms with E-state index in [2.05, 4.69) is 45.2 Å². The van der Waals surface area contributed by atoms with Gasteiger partial charge in [-0.2, -0.15) is 4.98 Å². The van der Waals surface area contributed by atoms with E-state index in [1.54, 1.807) is 0 Å². The van der Waals surface area contributed by atoms with E-state index in [0.29, 0.717) is 24.3 Å². The van der Waals surface area contributed by atoms with E-state index < -0.39 is 0 Å². The number of hydrogen-bond donors (Lipinski definition) is 1. The highest BCUT2D eigenvalue weighted by Crippen LogP contribution is 2.25. The van der Waals surface area contributed by atoms with Gasteiger partial charge in [-0.3, -0.25) is 0 Å². The van der Waals surface area contributed by atoms with Gasteiger partial charge in [0.25, 0.3) is 5.89 Å². The molecule has 0 unspecified atom stereocenters. The van der Waals surface area contributed by atoms with E-state index in [1.165, 1.54) is 0 Å². The Morgan fingerprint density at radius 1 is 1.39 bits per heavy atom. The normalized spacial score (nSPS) is 11.2. The van der Waals surface area contributed by atoms with Crippen molar-refractivity contribution in [1.29, 1.82) is 0 Å². The number of hydrogen-bond acceptors (Lipinski definition) is 4. The number of aryl methyl sites for hydroxylation is 1. The lowest BCUT2D eigenvalue weighted by atomic mass is 10.1. The highest BCUT2D eigenvalue weighted by atomic mass is 79.9. The molecular weight excluding hydrogens is 294 g/mol. The largest absolute Gasteiger partial charge is 0.334 e. The molecule has 18 heavy (non-hydrogen) atoms. The van der Waals surface area contributed by atoms with Gasteiger partial charge in [-0.25, -0.2) is 0 Å². The Balaban J connectivity index is 2.21. The van der Waals surface area contributed by atoms with E-state index in [0.717, 1.165) is 15.6 Å². The lowest BCUT2D eigenvalue weighted by molar-refractivity contribution is 0.417. The second-order valence-electron chi connectivity index (χ2n) is 4.51. The van der Waals surface area contributed by atoms with E-state index in [9.17, 15) is 0 Å². The predicted molar refractivity (Wildman–Crippen MR) is 74.1 cm³/mol. The number of rotatable bonds is 4. The van der Waals surface area contributed by atoms with Crippen molar-refractivity contribution in [2.75, 3.05) is 0 Å². The third-order valence-electron chi connectivity index (χ3n) is 2.57. The van der Waals surface area contributed by atoms with Crippen molar-refractivity contribution in [3.8, 4) is 11.5 Å². The van der Waals surface area contributed by atoms with Crippen LogP contribution in [0.25, 0.3) is 11.5 Å². The molecule has 2 aromatic rings. The first-order valence-electron chi connectivity index (χ1n) is 5.89. The number of nitrogens with one attached hydrogen (secondary N) is 1. The highest BCUT2D eigenvalue weighted by molar-refractivity contribution is 9.10. The van der Waals surface area contributed by atoms with Crippen molar-refractivity contribution in [3.63, 3.8) is 0 Å². The molecule has 0 aliphatic rings. The second kappa shape index (κ2) is 5.63. The third kappa shape index (κ3) is 3.17. The van der Waals surface area contributed by atoms with Crippen LogP contribution in [0.3, 0.4) is 0 Å². The molecule has 1 heterocycles. The summed E-state index contributed by atoms with van der Waals surface area (Å²) in [6, 6.07) is 6.41. The maximum absolute atomic E-state index is 5.30. The monoisotopic (exact) mass is 309 g/mol. The van der Waals surface area contributed by atoms with Crippen molar-refractivity contribution in [1.82, 2.24) is 15.5 Å². The third-order valence-corrected chi connectivity index (χ3v) is 3.06. The molecule has 0 spiro atoms. The Morgan fingerprint density at radius 2 is 2.17 bits per heavy atom. The van der Waals surface area contributed by atoms with Crippen LogP contribution >= 0.6 is 15.9 Å². The fourth-order valence-corrected chi connectivity index (χ4v) is 1.92. The minimum Gasteiger partial charge on any atom is -0.334 e. The van der Waals surface area contributed by atoms with Crippen molar-refractivity contribution in [2.45, 2.75) is 33.4 Å². The Kier molecular flexibility index (Phi) is 4.14. The second-order valence-corrected chi connectivity index (χ2v) is 5.43. The Bertz CT molecular complexity index is 537. The number of halogens is 1. The molecule has 0 bridgehead atoms. The fraction of sp³-hybridized carbons (Fsp3) is 0.385. The maximum atomic E-state index is 5.30. The topological polar surface area (TPSA) is 51.0 Å². The lowest BCUT2D eigenvalue weighted by Gasteiger charge is -2.03. The molecule has 0 aliphatic carbocycles. The van der Waals surface area contributed by atoms with Crippen LogP contribution in [0.4, 0.5) is 0 Å². The van der Waals surface area contributed by atoms with E-state index in [-0.39, 0.29) is 0 Å². The summed E-state index contributed by atoms with van der Waals surface area (Å²) in [5.74, 6) is 1.24. The fourth-order valence-electron chi connectivity index (χ4n) is 1.56. The van der Waals surface area contributed by atoms with E-state index >= 15 is 0 Å². The molecule has 5 heteroatoms. The van der Waals surface area contributed by atoms with Crippen LogP contribution in [0.2, 0.25) is 0 Å². The molecule has 1 aromatic heterocycles. The van der Waals surface area contributed by atoms with Crippen molar-refractivity contribution < 1.29 is 4.52 Å². The minimum atomic E-state index is 0.402. The van der Waals surface area contributed by atoms with E-state index in [1.807, 2.05) is 25.1 Å². The Labute approximate surface area is 115 Å². The number of benzene rings is 1. The van der Waals surface area contributed by atoms with Crippen molar-refractivity contribution >= 4 is 15.9 Å². The first-order chi connectivity index (χ1) is 8.56. The summed E-state index contributed by atoms with van der Waals surface area (Å²) in [5, 5.41) is 7.23. The standard InChI is InChI=1S/C13H16BrN3O/c1-8(2)15-7-12-16-13(18-17-12)11-6-10(14)5-4-9(11)3/h4-6,8,15H,7H2,1-3H3. The molecule has 0 radical (unpaired) electrons. The quantitative estimate of drug-likeness (QED) is 0.941. The first kappa shape index (κ1) is 13.2. The van der Waals surface area contributed by atoms with Gasteiger partial charge in [0, 0.05) is 16.1 Å². The first-order valence-corrected chi connectivity index (χ1v) is 6.68. The zero-order valence-electron chi connectivity index (χ0n) is 10.7. The van der Waals surface area contributed by atoms with Crippen LogP contribution in [-0.4, -0.2) is 16.2 Å². The van der Waals surface area contributed by atoms with Gasteiger partial charge in [-0.1, -0.05) is 41.0 Å². The number of aromatic nitrogens is 2. The molecule has 1 N–H and O–H groups in total. The van der Waals surface area contributed by atoms with E-state index in [4.69, 9.17) is 4.52 Å². The molecule has 4 nitrogen and oxygen atoms in total. The zero-order valence-corrected chi connectivity index (χ0v) is 12.3. The zero-order chi connectivity index (χ0) is 13.1. The van der Waals surface area contributed by atoms with Gasteiger partial charge in [0.05, 0.1) is 6.54 Å². The Hall–Kier alpha value is -1.20. The SMILES string of the molecule is Cc1ccc(Br)cc1-c1nc(CNC(C)C)no1. The van der Waals surface area contributed by atoms with Gasteiger partial charge in [0.2, 0.25) is 0 Å². The van der Waals surface area contributed by atoms with Gasteiger partial charge in [-0.15, -0.1) is 0 Å². The van der Waals surface area contributed by atoms with Crippen LogP contribution in [0.1, 0.15) is 25.2 Å². The lowest BCUT2D eigenvalue weighted by Crippen LogP contribution is -2.22. The summed E-state index contributed by atoms with van der Waals surface area (Å²) in [7, 11) is 0. The minimum absolute atomic E-state index is 0.402. The van der Waals surface area contributed by atoms with Crippen LogP contribution < -0.4 is 5.32 Å². The Morgan fingerprint density at radius 3 is 2.89 bits per heavy atom. The van der Waals surface area contributed by atoms with Crippen LogP contribution in [-0.2, 0) is 6.54 Å². The average Bonchev–Trinajstić information content (AvgIpc) is 2.78. The molecule has 0 amide bonds. The predicted octanol–water partition coefficient (Wildman–Crippen LogP) is 3.31. The molecule has 0 fully saturated rings. The molecule has 96 valence electrons. The summed E-state index contributed by atoms with van der Waals surface area (Å²) < 4.78 is 6.30. The summed E-state index contributed by atoms with van der Waals surface area (Å²) in [6.45, 7) is 6.81. The van der Waals surface area contributed by atoms with Gasteiger partial charge in [-0.05, 0) is 24.6 Å².